The van der Waals surface area contributed by atoms with Crippen molar-refractivity contribution in [2.75, 3.05) is 12.8 Å². The minimum Gasteiger partial charge on any atom is -0.465 e. The van der Waals surface area contributed by atoms with Gasteiger partial charge in [-0.3, -0.25) is 9.36 Å². The van der Waals surface area contributed by atoms with Crippen molar-refractivity contribution < 1.29 is 23.0 Å². The Morgan fingerprint density at radius 3 is 2.77 bits per heavy atom. The van der Waals surface area contributed by atoms with E-state index in [9.17, 15) is 18.4 Å². The Kier molecular flexibility index (Phi) is 5.36. The molecule has 2 aliphatic rings. The van der Waals surface area contributed by atoms with Gasteiger partial charge in [-0.1, -0.05) is 29.8 Å². The first kappa shape index (κ1) is 20.8. The third kappa shape index (κ3) is 3.50. The van der Waals surface area contributed by atoms with Gasteiger partial charge in [0.1, 0.15) is 16.5 Å². The minimum atomic E-state index is -3.05. The van der Waals surface area contributed by atoms with E-state index in [0.717, 1.165) is 7.11 Å². The van der Waals surface area contributed by atoms with Crippen molar-refractivity contribution in [2.45, 2.75) is 6.61 Å². The molecule has 31 heavy (non-hydrogen) atoms. The normalized spacial score (nSPS) is 19.8. The molecule has 1 aliphatic heterocycles. The fourth-order valence-corrected chi connectivity index (χ4v) is 4.04. The molecule has 1 aliphatic carbocycles. The molecule has 1 aromatic carbocycles. The topological polar surface area (TPSA) is 95.9 Å². The molecule has 0 spiro atoms. The molecule has 0 amide bonds. The lowest BCUT2D eigenvalue weighted by Gasteiger charge is -2.30. The summed E-state index contributed by atoms with van der Waals surface area (Å²) >= 11 is 6.25. The van der Waals surface area contributed by atoms with Crippen molar-refractivity contribution in [3.63, 3.8) is 0 Å². The second kappa shape index (κ2) is 7.99. The summed E-state index contributed by atoms with van der Waals surface area (Å²) in [6.45, 7) is -3.05. The first-order valence-corrected chi connectivity index (χ1v) is 9.51. The summed E-state index contributed by atoms with van der Waals surface area (Å²) in [4.78, 5) is 29.9. The first-order chi connectivity index (χ1) is 14.8. The number of rotatable bonds is 4. The van der Waals surface area contributed by atoms with Crippen LogP contribution in [0.15, 0.2) is 58.5 Å². The molecule has 2 heterocycles. The largest absolute Gasteiger partial charge is 0.465 e. The number of anilines is 1. The van der Waals surface area contributed by atoms with Crippen LogP contribution in [0.2, 0.25) is 0 Å². The average molecular weight is 448 g/mol. The number of aromatic nitrogens is 1. The highest BCUT2D eigenvalue weighted by Gasteiger charge is 2.32. The molecule has 7 nitrogen and oxygen atoms in total. The number of allylic oxidation sites excluding steroid dienone is 5. The van der Waals surface area contributed by atoms with Crippen LogP contribution in [-0.4, -0.2) is 29.4 Å². The summed E-state index contributed by atoms with van der Waals surface area (Å²) < 4.78 is 36.1. The predicted molar refractivity (Wildman–Crippen MR) is 113 cm³/mol. The predicted octanol–water partition coefficient (Wildman–Crippen LogP) is 3.78. The number of nitrogens with zero attached hydrogens (tertiary/aromatic N) is 2. The zero-order valence-electron chi connectivity index (χ0n) is 16.1. The second-order valence-corrected chi connectivity index (χ2v) is 7.19. The van der Waals surface area contributed by atoms with Crippen molar-refractivity contribution in [3.05, 3.63) is 64.6 Å². The number of nitrogens with two attached hydrogens (primary N) is 1. The Labute approximate surface area is 179 Å². The number of nitrogen functional groups attached to an aromatic ring is 1. The summed E-state index contributed by atoms with van der Waals surface area (Å²) in [6, 6.07) is 3.96. The highest BCUT2D eigenvalue weighted by atomic mass is 35.5. The van der Waals surface area contributed by atoms with Crippen LogP contribution in [-0.2, 0) is 4.74 Å². The first-order valence-electron chi connectivity index (χ1n) is 9.13. The fraction of sp³-hybridized carbons (Fsp3) is 0.190. The summed E-state index contributed by atoms with van der Waals surface area (Å²) in [5.74, 6) is -1.78. The highest BCUT2D eigenvalue weighted by molar-refractivity contribution is 6.66. The number of hydrogen-bond acceptors (Lipinski definition) is 6. The van der Waals surface area contributed by atoms with Gasteiger partial charge in [-0.2, -0.15) is 8.78 Å². The van der Waals surface area contributed by atoms with Gasteiger partial charge in [0.05, 0.1) is 18.3 Å². The molecule has 2 aromatic rings. The zero-order chi connectivity index (χ0) is 22.3. The summed E-state index contributed by atoms with van der Waals surface area (Å²) in [5.41, 5.74) is 5.54. The van der Waals surface area contributed by atoms with Gasteiger partial charge < -0.3 is 15.2 Å². The van der Waals surface area contributed by atoms with Crippen LogP contribution < -0.4 is 16.0 Å². The van der Waals surface area contributed by atoms with E-state index >= 15 is 0 Å². The zero-order valence-corrected chi connectivity index (χ0v) is 16.8. The number of fused-ring (bicyclic) bond motifs is 2. The van der Waals surface area contributed by atoms with Crippen LogP contribution in [0.25, 0.3) is 16.6 Å². The van der Waals surface area contributed by atoms with E-state index < -0.39 is 18.1 Å². The molecule has 10 heteroatoms. The quantitative estimate of drug-likeness (QED) is 0.719. The van der Waals surface area contributed by atoms with Gasteiger partial charge in [0.15, 0.2) is 0 Å². The number of hydrogen-bond donors (Lipinski definition) is 1. The fourth-order valence-electron chi connectivity index (χ4n) is 3.78. The maximum absolute atomic E-state index is 13.4. The molecular formula is C21H16ClF2N3O4. The molecule has 0 bridgehead atoms. The minimum absolute atomic E-state index is 0.117. The van der Waals surface area contributed by atoms with Gasteiger partial charge in [0, 0.05) is 35.2 Å². The van der Waals surface area contributed by atoms with Crippen LogP contribution in [0, 0.1) is 11.8 Å². The SMILES string of the molecule is COC(=O)c1c(N)c2ccc(OC(F)F)cc2n(C2=CC=CC3C(Cl)=NC=CC23)c1=O. The number of aliphatic imine (C=N–C) groups is 1. The number of carbonyl (C=O) groups is 1. The lowest BCUT2D eigenvalue weighted by atomic mass is 9.84. The molecule has 0 radical (unpaired) electrons. The van der Waals surface area contributed by atoms with Crippen molar-refractivity contribution in [1.29, 1.82) is 0 Å². The molecule has 2 N–H and O–H groups in total. The van der Waals surface area contributed by atoms with E-state index in [-0.39, 0.29) is 34.4 Å². The second-order valence-electron chi connectivity index (χ2n) is 6.80. The molecule has 160 valence electrons. The van der Waals surface area contributed by atoms with Gasteiger partial charge in [-0.05, 0) is 18.2 Å². The Balaban J connectivity index is 2.04. The molecule has 2 atom stereocenters. The average Bonchev–Trinajstić information content (AvgIpc) is 2.73. The van der Waals surface area contributed by atoms with E-state index in [1.165, 1.54) is 29.0 Å². The molecule has 0 fully saturated rings. The van der Waals surface area contributed by atoms with Gasteiger partial charge in [0.25, 0.3) is 5.56 Å². The molecule has 0 saturated heterocycles. The van der Waals surface area contributed by atoms with Crippen LogP contribution >= 0.6 is 11.6 Å². The number of carbonyl (C=O) groups excluding carboxylic acids is 1. The maximum atomic E-state index is 13.4. The van der Waals surface area contributed by atoms with Crippen LogP contribution in [0.5, 0.6) is 5.75 Å². The Bertz CT molecular complexity index is 1260. The lowest BCUT2D eigenvalue weighted by molar-refractivity contribution is -0.0497. The van der Waals surface area contributed by atoms with E-state index in [0.29, 0.717) is 16.3 Å². The summed E-state index contributed by atoms with van der Waals surface area (Å²) in [5, 5.41) is 0.630. The molecule has 4 rings (SSSR count). The van der Waals surface area contributed by atoms with Gasteiger partial charge in [-0.25, -0.2) is 9.79 Å². The number of alkyl halides is 2. The Morgan fingerprint density at radius 2 is 2.06 bits per heavy atom. The standard InChI is InChI=1S/C21H16ClF2N3O4/c1-30-20(29)16-17(25)13-6-5-10(31-21(23)24)9-15(13)27(19(16)28)14-4-2-3-12-11(14)7-8-26-18(12)22/h2-9,11-12,21H,25H2,1H3. The van der Waals surface area contributed by atoms with Crippen LogP contribution in [0.4, 0.5) is 14.5 Å². The monoisotopic (exact) mass is 447 g/mol. The van der Waals surface area contributed by atoms with E-state index in [1.807, 2.05) is 6.08 Å². The van der Waals surface area contributed by atoms with Crippen molar-refractivity contribution >= 4 is 45.0 Å². The van der Waals surface area contributed by atoms with Crippen molar-refractivity contribution in [3.8, 4) is 5.75 Å². The Hall–Kier alpha value is -3.46. The number of methoxy groups -OCH3 is 1. The van der Waals surface area contributed by atoms with E-state index in [1.54, 1.807) is 18.2 Å². The summed E-state index contributed by atoms with van der Waals surface area (Å²) in [7, 11) is 1.13. The van der Waals surface area contributed by atoms with E-state index in [2.05, 4.69) is 9.73 Å². The van der Waals surface area contributed by atoms with Crippen molar-refractivity contribution in [1.82, 2.24) is 4.57 Å². The number of halogens is 3. The molecule has 0 saturated carbocycles. The Morgan fingerprint density at radius 1 is 1.29 bits per heavy atom. The van der Waals surface area contributed by atoms with Gasteiger partial charge >= 0.3 is 12.6 Å². The molecule has 1 aromatic heterocycles. The smallest absolute Gasteiger partial charge is 0.387 e. The number of benzene rings is 1. The van der Waals surface area contributed by atoms with Crippen LogP contribution in [0.1, 0.15) is 10.4 Å². The van der Waals surface area contributed by atoms with Crippen LogP contribution in [0.3, 0.4) is 0 Å². The lowest BCUT2D eigenvalue weighted by Crippen LogP contribution is -2.33. The van der Waals surface area contributed by atoms with E-state index in [4.69, 9.17) is 22.1 Å². The van der Waals surface area contributed by atoms with Gasteiger partial charge in [-0.15, -0.1) is 0 Å². The van der Waals surface area contributed by atoms with Crippen molar-refractivity contribution in [2.24, 2.45) is 16.8 Å². The van der Waals surface area contributed by atoms with Gasteiger partial charge in [0.2, 0.25) is 0 Å². The third-order valence-electron chi connectivity index (χ3n) is 5.14. The maximum Gasteiger partial charge on any atom is 0.387 e. The molecular weight excluding hydrogens is 432 g/mol. The third-order valence-corrected chi connectivity index (χ3v) is 5.49. The summed E-state index contributed by atoms with van der Waals surface area (Å²) in [6.07, 6.45) is 8.51. The number of pyridine rings is 1. The molecule has 2 unspecified atom stereocenters. The number of ether oxygens (including phenoxy) is 2. The number of esters is 1. The highest BCUT2D eigenvalue weighted by Crippen LogP contribution is 2.37.